The number of carbonyl (C=O) groups is 1. The lowest BCUT2D eigenvalue weighted by molar-refractivity contribution is 0.0977. The first kappa shape index (κ1) is 22.7. The number of hydrogen-bond acceptors (Lipinski definition) is 5. The molecule has 0 atom stereocenters. The zero-order valence-corrected chi connectivity index (χ0v) is 18.9. The van der Waals surface area contributed by atoms with Crippen LogP contribution in [0.1, 0.15) is 33.0 Å². The van der Waals surface area contributed by atoms with E-state index in [4.69, 9.17) is 17.0 Å². The molecule has 0 aromatic heterocycles. The van der Waals surface area contributed by atoms with E-state index in [9.17, 15) is 15.0 Å². The number of ether oxygens (including phenoxy) is 1. The molecule has 6 nitrogen and oxygen atoms in total. The van der Waals surface area contributed by atoms with E-state index in [1.54, 1.807) is 0 Å². The number of nitrogens with one attached hydrogen (secondary N) is 2. The maximum atomic E-state index is 12.7. The van der Waals surface area contributed by atoms with Crippen molar-refractivity contribution >= 4 is 41.1 Å². The van der Waals surface area contributed by atoms with Crippen molar-refractivity contribution in [2.75, 3.05) is 12.4 Å². The largest absolute Gasteiger partial charge is 0.496 e. The van der Waals surface area contributed by atoms with Crippen LogP contribution in [0.15, 0.2) is 60.7 Å². The lowest BCUT2D eigenvalue weighted by Gasteiger charge is -2.15. The van der Waals surface area contributed by atoms with Gasteiger partial charge in [-0.25, -0.2) is 0 Å². The molecule has 4 rings (SSSR count). The third-order valence-electron chi connectivity index (χ3n) is 5.58. The topological polar surface area (TPSA) is 90.8 Å². The second-order valence-electron chi connectivity index (χ2n) is 7.65. The number of aliphatic hydroxyl groups excluding tert-OH is 2. The van der Waals surface area contributed by atoms with Crippen LogP contribution in [0, 0.1) is 0 Å². The zero-order valence-electron chi connectivity index (χ0n) is 18.0. The van der Waals surface area contributed by atoms with E-state index in [1.165, 1.54) is 29.7 Å². The summed E-state index contributed by atoms with van der Waals surface area (Å²) in [5.41, 5.74) is 3.00. The van der Waals surface area contributed by atoms with Crippen molar-refractivity contribution in [3.05, 3.63) is 93.4 Å². The maximum Gasteiger partial charge on any atom is 0.257 e. The van der Waals surface area contributed by atoms with Crippen molar-refractivity contribution in [3.63, 3.8) is 0 Å². The molecule has 0 radical (unpaired) electrons. The van der Waals surface area contributed by atoms with Crippen LogP contribution in [0.5, 0.6) is 5.75 Å². The average molecular weight is 461 g/mol. The van der Waals surface area contributed by atoms with Crippen LogP contribution in [0.25, 0.3) is 12.2 Å². The first-order chi connectivity index (χ1) is 16.0. The number of fused-ring (bicyclic) bond motifs is 1. The molecule has 0 fully saturated rings. The molecule has 0 aliphatic heterocycles. The van der Waals surface area contributed by atoms with Crippen LogP contribution >= 0.6 is 12.2 Å². The highest BCUT2D eigenvalue weighted by molar-refractivity contribution is 7.80. The molecule has 0 bridgehead atoms. The van der Waals surface area contributed by atoms with Crippen LogP contribution in [0.2, 0.25) is 0 Å². The minimum absolute atomic E-state index is 0.149. The Morgan fingerprint density at radius 1 is 1.00 bits per heavy atom. The van der Waals surface area contributed by atoms with Gasteiger partial charge in [0.15, 0.2) is 5.11 Å². The van der Waals surface area contributed by atoms with Gasteiger partial charge in [-0.2, -0.15) is 0 Å². The summed E-state index contributed by atoms with van der Waals surface area (Å²) < 4.78 is 5.25. The Labute approximate surface area is 196 Å². The van der Waals surface area contributed by atoms with E-state index >= 15 is 0 Å². The molecular weight excluding hydrogens is 436 g/mol. The number of anilines is 1. The SMILES string of the molecule is COc1cc(C(=O)NC(=S)Nc2cccc(C3C=c4ccccc4=C3)c2)cc(CO)c1CO. The maximum absolute atomic E-state index is 12.7. The summed E-state index contributed by atoms with van der Waals surface area (Å²) in [6.07, 6.45) is 4.44. The van der Waals surface area contributed by atoms with Gasteiger partial charge in [0.05, 0.1) is 20.3 Å². The molecule has 4 N–H and O–H groups in total. The van der Waals surface area contributed by atoms with Gasteiger partial charge >= 0.3 is 0 Å². The quantitative estimate of drug-likeness (QED) is 0.422. The highest BCUT2D eigenvalue weighted by Crippen LogP contribution is 2.26. The number of methoxy groups -OCH3 is 1. The molecule has 0 heterocycles. The average Bonchev–Trinajstić information content (AvgIpc) is 3.27. The van der Waals surface area contributed by atoms with Crippen LogP contribution < -0.4 is 25.8 Å². The van der Waals surface area contributed by atoms with E-state index in [1.807, 2.05) is 30.3 Å². The standard InChI is InChI=1S/C26H24N2O4S/c1-32-24-13-20(11-21(14-29)23(24)15-30)25(31)28-26(33)27-22-8-4-7-18(12-22)19-9-16-5-2-3-6-17(16)10-19/h2-13,19,29-30H,14-15H2,1H3,(H2,27,28,31,33). The van der Waals surface area contributed by atoms with Gasteiger partial charge < -0.3 is 20.3 Å². The Morgan fingerprint density at radius 2 is 1.73 bits per heavy atom. The predicted molar refractivity (Wildman–Crippen MR) is 132 cm³/mol. The second-order valence-corrected chi connectivity index (χ2v) is 8.06. The fourth-order valence-corrected chi connectivity index (χ4v) is 4.15. The number of amides is 1. The highest BCUT2D eigenvalue weighted by Gasteiger charge is 2.16. The first-order valence-corrected chi connectivity index (χ1v) is 10.9. The molecule has 7 heteroatoms. The van der Waals surface area contributed by atoms with Crippen LogP contribution in [-0.4, -0.2) is 28.3 Å². The Kier molecular flexibility index (Phi) is 6.84. The number of hydrogen-bond donors (Lipinski definition) is 4. The van der Waals surface area contributed by atoms with Gasteiger partial charge in [-0.1, -0.05) is 48.6 Å². The Balaban J connectivity index is 1.47. The lowest BCUT2D eigenvalue weighted by atomic mass is 10.00. The van der Waals surface area contributed by atoms with Gasteiger partial charge in [-0.05, 0) is 58.0 Å². The summed E-state index contributed by atoms with van der Waals surface area (Å²) in [5, 5.41) is 27.4. The van der Waals surface area contributed by atoms with E-state index in [0.29, 0.717) is 16.9 Å². The van der Waals surface area contributed by atoms with Crippen LogP contribution in [0.3, 0.4) is 0 Å². The lowest BCUT2D eigenvalue weighted by Crippen LogP contribution is -2.34. The third kappa shape index (κ3) is 4.96. The molecule has 33 heavy (non-hydrogen) atoms. The number of aliphatic hydroxyl groups is 2. The normalized spacial score (nSPS) is 12.3. The van der Waals surface area contributed by atoms with Crippen molar-refractivity contribution < 1.29 is 19.7 Å². The monoisotopic (exact) mass is 460 g/mol. The summed E-state index contributed by atoms with van der Waals surface area (Å²) in [6.45, 7) is -0.639. The van der Waals surface area contributed by atoms with Gasteiger partial charge in [0.2, 0.25) is 0 Å². The highest BCUT2D eigenvalue weighted by atomic mass is 32.1. The van der Waals surface area contributed by atoms with Gasteiger partial charge in [-0.3, -0.25) is 10.1 Å². The molecule has 0 unspecified atom stereocenters. The molecule has 168 valence electrons. The molecule has 0 saturated carbocycles. The van der Waals surface area contributed by atoms with E-state index in [-0.39, 0.29) is 29.8 Å². The third-order valence-corrected chi connectivity index (χ3v) is 5.79. The fraction of sp³-hybridized carbons (Fsp3) is 0.154. The molecule has 1 aliphatic carbocycles. The fourth-order valence-electron chi connectivity index (χ4n) is 3.94. The predicted octanol–water partition coefficient (Wildman–Crippen LogP) is 2.17. The smallest absolute Gasteiger partial charge is 0.257 e. The van der Waals surface area contributed by atoms with Crippen molar-refractivity contribution in [1.82, 2.24) is 5.32 Å². The summed E-state index contributed by atoms with van der Waals surface area (Å²) in [5.74, 6) is 0.0432. The molecule has 0 saturated heterocycles. The molecule has 3 aromatic rings. The van der Waals surface area contributed by atoms with Crippen molar-refractivity contribution in [1.29, 1.82) is 0 Å². The summed E-state index contributed by atoms with van der Waals surface area (Å²) in [6, 6.07) is 19.2. The Morgan fingerprint density at radius 3 is 2.36 bits per heavy atom. The molecule has 3 aromatic carbocycles. The van der Waals surface area contributed by atoms with Gasteiger partial charge in [0, 0.05) is 22.7 Å². The van der Waals surface area contributed by atoms with Gasteiger partial charge in [0.1, 0.15) is 5.75 Å². The summed E-state index contributed by atoms with van der Waals surface area (Å²) >= 11 is 5.34. The Bertz CT molecular complexity index is 1280. The summed E-state index contributed by atoms with van der Waals surface area (Å²) in [7, 11) is 1.44. The second kappa shape index (κ2) is 9.95. The van der Waals surface area contributed by atoms with E-state index in [2.05, 4.69) is 41.0 Å². The number of rotatable bonds is 6. The Hall–Kier alpha value is -3.52. The number of thiocarbonyl (C=S) groups is 1. The zero-order chi connectivity index (χ0) is 23.4. The van der Waals surface area contributed by atoms with E-state index in [0.717, 1.165) is 11.3 Å². The first-order valence-electron chi connectivity index (χ1n) is 10.4. The molecular formula is C26H24N2O4S. The van der Waals surface area contributed by atoms with Gasteiger partial charge in [0.25, 0.3) is 5.91 Å². The molecule has 1 aliphatic rings. The van der Waals surface area contributed by atoms with Gasteiger partial charge in [-0.15, -0.1) is 0 Å². The summed E-state index contributed by atoms with van der Waals surface area (Å²) in [4.78, 5) is 12.7. The number of benzene rings is 3. The minimum atomic E-state index is -0.450. The van der Waals surface area contributed by atoms with Crippen molar-refractivity contribution in [2.45, 2.75) is 19.1 Å². The molecule has 0 spiro atoms. The van der Waals surface area contributed by atoms with Crippen LogP contribution in [-0.2, 0) is 13.2 Å². The van der Waals surface area contributed by atoms with Crippen LogP contribution in [0.4, 0.5) is 5.69 Å². The van der Waals surface area contributed by atoms with Crippen molar-refractivity contribution in [2.24, 2.45) is 0 Å². The molecule has 1 amide bonds. The number of carbonyl (C=O) groups excluding carboxylic acids is 1. The van der Waals surface area contributed by atoms with E-state index < -0.39 is 5.91 Å². The van der Waals surface area contributed by atoms with Crippen molar-refractivity contribution in [3.8, 4) is 5.75 Å². The minimum Gasteiger partial charge on any atom is -0.496 e.